The van der Waals surface area contributed by atoms with Crippen molar-refractivity contribution in [2.45, 2.75) is 25.0 Å². The Balaban J connectivity index is 0.00000306. The number of aromatic nitrogens is 2. The lowest BCUT2D eigenvalue weighted by Crippen LogP contribution is -2.18. The van der Waals surface area contributed by atoms with Crippen molar-refractivity contribution in [3.05, 3.63) is 71.9 Å². The van der Waals surface area contributed by atoms with Gasteiger partial charge in [0.1, 0.15) is 6.54 Å². The van der Waals surface area contributed by atoms with Gasteiger partial charge < -0.3 is 9.88 Å². The normalized spacial score (nSPS) is 11.7. The number of thiazole rings is 1. The van der Waals surface area contributed by atoms with E-state index < -0.39 is 27.7 Å². The molecule has 4 aromatic rings. The second-order valence-electron chi connectivity index (χ2n) is 6.73. The van der Waals surface area contributed by atoms with Crippen LogP contribution in [-0.4, -0.2) is 23.9 Å². The summed E-state index contributed by atoms with van der Waals surface area (Å²) in [5, 5.41) is 5.05. The fourth-order valence-corrected chi connectivity index (χ4v) is 4.81. The quantitative estimate of drug-likeness (QED) is 0.384. The number of hydrogen-bond donors (Lipinski definition) is 2. The van der Waals surface area contributed by atoms with Crippen LogP contribution >= 0.6 is 11.3 Å². The average molecular weight is 497 g/mol. The van der Waals surface area contributed by atoms with E-state index in [-0.39, 0.29) is 29.5 Å². The van der Waals surface area contributed by atoms with Crippen LogP contribution in [-0.2, 0) is 27.5 Å². The molecule has 7 nitrogen and oxygen atoms in total. The Bertz CT molecular complexity index is 1360. The number of anilines is 2. The third-order valence-corrected chi connectivity index (χ3v) is 6.69. The van der Waals surface area contributed by atoms with Crippen molar-refractivity contribution in [3.8, 4) is 0 Å². The van der Waals surface area contributed by atoms with Gasteiger partial charge in [-0.1, -0.05) is 13.5 Å². The fraction of sp³-hybridized carbons (Fsp3) is 0.143. The summed E-state index contributed by atoms with van der Waals surface area (Å²) in [7, 11) is -3.82. The molecule has 0 fully saturated rings. The van der Waals surface area contributed by atoms with E-state index in [2.05, 4.69) is 15.0 Å². The summed E-state index contributed by atoms with van der Waals surface area (Å²) in [6, 6.07) is 10.5. The molecule has 2 aromatic heterocycles. The van der Waals surface area contributed by atoms with E-state index >= 15 is 0 Å². The summed E-state index contributed by atoms with van der Waals surface area (Å²) >= 11 is 1.14. The van der Waals surface area contributed by atoms with Crippen LogP contribution in [0.2, 0.25) is 0 Å². The lowest BCUT2D eigenvalue weighted by atomic mass is 10.1. The SMILES string of the molecule is C.O=C(Cn1ccc2ccc(C(F)(F)F)cc21)Nc1ccc(S(=O)(=O)Nc2nccs2)cc1. The predicted molar refractivity (Wildman–Crippen MR) is 122 cm³/mol. The summed E-state index contributed by atoms with van der Waals surface area (Å²) < 4.78 is 67.4. The third-order valence-electron chi connectivity index (χ3n) is 4.52. The van der Waals surface area contributed by atoms with E-state index in [9.17, 15) is 26.4 Å². The van der Waals surface area contributed by atoms with Gasteiger partial charge in [0.05, 0.1) is 10.5 Å². The number of alkyl halides is 3. The van der Waals surface area contributed by atoms with Crippen LogP contribution in [0.25, 0.3) is 10.9 Å². The van der Waals surface area contributed by atoms with Gasteiger partial charge in [-0.2, -0.15) is 13.2 Å². The van der Waals surface area contributed by atoms with Crippen molar-refractivity contribution in [1.29, 1.82) is 0 Å². The second kappa shape index (κ2) is 9.24. The predicted octanol–water partition coefficient (Wildman–Crippen LogP) is 5.19. The highest BCUT2D eigenvalue weighted by Crippen LogP contribution is 2.31. The highest BCUT2D eigenvalue weighted by molar-refractivity contribution is 7.93. The van der Waals surface area contributed by atoms with Gasteiger partial charge in [-0.05, 0) is 47.9 Å². The van der Waals surface area contributed by atoms with Crippen molar-refractivity contribution in [2.75, 3.05) is 10.0 Å². The van der Waals surface area contributed by atoms with Crippen LogP contribution in [0, 0.1) is 0 Å². The van der Waals surface area contributed by atoms with Gasteiger partial charge >= 0.3 is 6.18 Å². The average Bonchev–Trinajstić information content (AvgIpc) is 3.37. The maximum Gasteiger partial charge on any atom is 0.416 e. The number of amides is 1. The standard InChI is InChI=1S/C20H15F3N4O3S2.CH4/c21-20(22,23)14-2-1-13-7-9-27(17(13)11-14)12-18(28)25-15-3-5-16(6-4-15)32(29,30)26-19-24-8-10-31-19;/h1-11H,12H2,(H,24,26)(H,25,28);1H4. The monoisotopic (exact) mass is 496 g/mol. The van der Waals surface area contributed by atoms with Crippen LogP contribution in [0.5, 0.6) is 0 Å². The van der Waals surface area contributed by atoms with Crippen molar-refractivity contribution in [1.82, 2.24) is 9.55 Å². The van der Waals surface area contributed by atoms with Crippen LogP contribution in [0.3, 0.4) is 0 Å². The number of fused-ring (bicyclic) bond motifs is 1. The summed E-state index contributed by atoms with van der Waals surface area (Å²) in [6.45, 7) is -0.212. The largest absolute Gasteiger partial charge is 0.416 e. The molecular formula is C21H19F3N4O3S2. The highest BCUT2D eigenvalue weighted by Gasteiger charge is 2.30. The number of carbonyl (C=O) groups excluding carboxylic acids is 1. The second-order valence-corrected chi connectivity index (χ2v) is 9.31. The van der Waals surface area contributed by atoms with Crippen molar-refractivity contribution in [2.24, 2.45) is 0 Å². The number of hydrogen-bond acceptors (Lipinski definition) is 5. The summed E-state index contributed by atoms with van der Waals surface area (Å²) in [4.78, 5) is 16.3. The summed E-state index contributed by atoms with van der Waals surface area (Å²) in [6.07, 6.45) is -1.48. The Morgan fingerprint density at radius 2 is 1.82 bits per heavy atom. The lowest BCUT2D eigenvalue weighted by Gasteiger charge is -2.10. The van der Waals surface area contributed by atoms with Crippen LogP contribution in [0.4, 0.5) is 24.0 Å². The topological polar surface area (TPSA) is 93.1 Å². The molecule has 2 aromatic carbocycles. The molecule has 174 valence electrons. The first kappa shape index (κ1) is 24.3. The van der Waals surface area contributed by atoms with E-state index in [1.807, 2.05) is 0 Å². The zero-order chi connectivity index (χ0) is 22.9. The molecule has 0 aliphatic rings. The van der Waals surface area contributed by atoms with Crippen molar-refractivity contribution in [3.63, 3.8) is 0 Å². The molecule has 0 unspecified atom stereocenters. The Hall–Kier alpha value is -3.38. The van der Waals surface area contributed by atoms with Gasteiger partial charge in [-0.25, -0.2) is 13.4 Å². The first-order valence-corrected chi connectivity index (χ1v) is 11.5. The lowest BCUT2D eigenvalue weighted by molar-refractivity contribution is -0.137. The molecule has 2 heterocycles. The molecule has 2 N–H and O–H groups in total. The first-order chi connectivity index (χ1) is 15.1. The third kappa shape index (κ3) is 5.52. The molecule has 12 heteroatoms. The first-order valence-electron chi connectivity index (χ1n) is 9.10. The van der Waals surface area contributed by atoms with E-state index in [0.29, 0.717) is 11.1 Å². The van der Waals surface area contributed by atoms with Gasteiger partial charge in [0.15, 0.2) is 5.13 Å². The molecule has 0 saturated heterocycles. The number of carbonyl (C=O) groups is 1. The van der Waals surface area contributed by atoms with E-state index in [1.165, 1.54) is 47.3 Å². The van der Waals surface area contributed by atoms with E-state index in [1.54, 1.807) is 11.4 Å². The molecular weight excluding hydrogens is 477 g/mol. The summed E-state index contributed by atoms with van der Waals surface area (Å²) in [5.74, 6) is -0.476. The highest BCUT2D eigenvalue weighted by atomic mass is 32.2. The Labute approximate surface area is 191 Å². The minimum atomic E-state index is -4.48. The number of rotatable bonds is 6. The minimum Gasteiger partial charge on any atom is -0.338 e. The number of sulfonamides is 1. The van der Waals surface area contributed by atoms with Gasteiger partial charge in [-0.3, -0.25) is 9.52 Å². The molecule has 1 amide bonds. The maximum absolute atomic E-state index is 13.0. The van der Waals surface area contributed by atoms with Crippen LogP contribution in [0.1, 0.15) is 13.0 Å². The summed E-state index contributed by atoms with van der Waals surface area (Å²) in [5.41, 5.74) is -0.172. The van der Waals surface area contributed by atoms with Gasteiger partial charge in [0.25, 0.3) is 10.0 Å². The van der Waals surface area contributed by atoms with Gasteiger partial charge in [-0.15, -0.1) is 11.3 Å². The number of nitrogens with one attached hydrogen (secondary N) is 2. The molecule has 0 saturated carbocycles. The molecule has 0 spiro atoms. The Morgan fingerprint density at radius 3 is 2.45 bits per heavy atom. The van der Waals surface area contributed by atoms with Crippen LogP contribution < -0.4 is 10.0 Å². The minimum absolute atomic E-state index is 0. The van der Waals surface area contributed by atoms with Gasteiger partial charge in [0, 0.05) is 29.0 Å². The molecule has 0 radical (unpaired) electrons. The molecule has 0 aliphatic heterocycles. The van der Waals surface area contributed by atoms with Crippen molar-refractivity contribution < 1.29 is 26.4 Å². The Morgan fingerprint density at radius 1 is 1.09 bits per heavy atom. The number of benzene rings is 2. The van der Waals surface area contributed by atoms with Crippen molar-refractivity contribution >= 4 is 49.0 Å². The van der Waals surface area contributed by atoms with Crippen LogP contribution in [0.15, 0.2) is 71.2 Å². The number of halogens is 3. The molecule has 4 rings (SSSR count). The van der Waals surface area contributed by atoms with E-state index in [4.69, 9.17) is 0 Å². The fourth-order valence-electron chi connectivity index (χ4n) is 3.02. The number of nitrogens with zero attached hydrogens (tertiary/aromatic N) is 2. The maximum atomic E-state index is 13.0. The van der Waals surface area contributed by atoms with E-state index in [0.717, 1.165) is 23.5 Å². The molecule has 0 aliphatic carbocycles. The Kier molecular flexibility index (Phi) is 6.79. The zero-order valence-electron chi connectivity index (χ0n) is 16.1. The zero-order valence-corrected chi connectivity index (χ0v) is 17.8. The molecule has 0 atom stereocenters. The molecule has 0 bridgehead atoms. The molecule has 33 heavy (non-hydrogen) atoms. The smallest absolute Gasteiger partial charge is 0.338 e. The van der Waals surface area contributed by atoms with Gasteiger partial charge in [0.2, 0.25) is 5.91 Å².